The lowest BCUT2D eigenvalue weighted by Crippen LogP contribution is -2.39. The molecule has 1 aromatic heterocycles. The number of fused-ring (bicyclic) bond motifs is 1. The highest BCUT2D eigenvalue weighted by molar-refractivity contribution is 6.22. The molecular weight excluding hydrogens is 276 g/mol. The van der Waals surface area contributed by atoms with Crippen molar-refractivity contribution in [2.45, 2.75) is 28.9 Å². The van der Waals surface area contributed by atoms with Gasteiger partial charge in [-0.25, -0.2) is 4.79 Å². The van der Waals surface area contributed by atoms with Crippen LogP contribution in [-0.4, -0.2) is 42.4 Å². The standard InChI is InChI=1S/C11H11ClN2O5/c1-2-10-8(16)11(10,18)6(12)7(19-10)14-4-3-5(15)13-9(14)17/h2-4,6-8,16,18H,1H2,(H,13,15,17)/t6-,7?,8?,10+,11+/m0/s1. The highest BCUT2D eigenvalue weighted by atomic mass is 35.5. The summed E-state index contributed by atoms with van der Waals surface area (Å²) in [5.41, 5.74) is -4.31. The van der Waals surface area contributed by atoms with Crippen molar-refractivity contribution in [3.05, 3.63) is 45.8 Å². The van der Waals surface area contributed by atoms with Crippen molar-refractivity contribution in [2.24, 2.45) is 0 Å². The molecule has 3 rings (SSSR count). The van der Waals surface area contributed by atoms with Crippen molar-refractivity contribution >= 4 is 11.6 Å². The van der Waals surface area contributed by atoms with Crippen LogP contribution in [0.25, 0.3) is 0 Å². The first kappa shape index (κ1) is 12.6. The van der Waals surface area contributed by atoms with E-state index in [1.165, 1.54) is 12.3 Å². The van der Waals surface area contributed by atoms with E-state index in [0.717, 1.165) is 10.6 Å². The predicted molar refractivity (Wildman–Crippen MR) is 65.0 cm³/mol. The van der Waals surface area contributed by atoms with Gasteiger partial charge in [0, 0.05) is 12.3 Å². The van der Waals surface area contributed by atoms with E-state index in [4.69, 9.17) is 16.3 Å². The van der Waals surface area contributed by atoms with Gasteiger partial charge < -0.3 is 14.9 Å². The minimum atomic E-state index is -1.68. The molecule has 2 heterocycles. The Morgan fingerprint density at radius 1 is 1.58 bits per heavy atom. The van der Waals surface area contributed by atoms with Gasteiger partial charge in [-0.05, 0) is 0 Å². The van der Waals surface area contributed by atoms with Crippen molar-refractivity contribution in [3.8, 4) is 0 Å². The molecule has 0 bridgehead atoms. The average molecular weight is 287 g/mol. The maximum absolute atomic E-state index is 11.7. The third-order valence-corrected chi connectivity index (χ3v) is 4.33. The number of aromatic amines is 1. The van der Waals surface area contributed by atoms with Gasteiger partial charge in [0.05, 0.1) is 0 Å². The maximum Gasteiger partial charge on any atom is 0.330 e. The van der Waals surface area contributed by atoms with Crippen LogP contribution in [0.15, 0.2) is 34.5 Å². The third-order valence-electron chi connectivity index (χ3n) is 3.78. The van der Waals surface area contributed by atoms with Gasteiger partial charge >= 0.3 is 5.69 Å². The Balaban J connectivity index is 2.04. The van der Waals surface area contributed by atoms with Gasteiger partial charge in [0.15, 0.2) is 11.8 Å². The lowest BCUT2D eigenvalue weighted by atomic mass is 10.1. The van der Waals surface area contributed by atoms with Crippen molar-refractivity contribution < 1.29 is 14.9 Å². The molecule has 7 nitrogen and oxygen atoms in total. The molecule has 0 aromatic carbocycles. The Morgan fingerprint density at radius 3 is 2.79 bits per heavy atom. The quantitative estimate of drug-likeness (QED) is 0.463. The zero-order valence-corrected chi connectivity index (χ0v) is 10.4. The topological polar surface area (TPSA) is 105 Å². The van der Waals surface area contributed by atoms with Crippen LogP contribution < -0.4 is 11.2 Å². The summed E-state index contributed by atoms with van der Waals surface area (Å²) in [7, 11) is 0. The summed E-state index contributed by atoms with van der Waals surface area (Å²) >= 11 is 6.09. The molecule has 19 heavy (non-hydrogen) atoms. The second kappa shape index (κ2) is 3.57. The molecule has 2 aliphatic rings. The summed E-state index contributed by atoms with van der Waals surface area (Å²) in [5, 5.41) is 18.9. The predicted octanol–water partition coefficient (Wildman–Crippen LogP) is -1.30. The van der Waals surface area contributed by atoms with Crippen LogP contribution in [0.5, 0.6) is 0 Å². The van der Waals surface area contributed by atoms with E-state index in [0.29, 0.717) is 0 Å². The molecule has 1 saturated carbocycles. The second-order valence-corrected chi connectivity index (χ2v) is 5.12. The summed E-state index contributed by atoms with van der Waals surface area (Å²) in [5.74, 6) is 0. The number of nitrogens with zero attached hydrogens (tertiary/aromatic N) is 1. The van der Waals surface area contributed by atoms with Gasteiger partial charge in [-0.15, -0.1) is 18.2 Å². The number of hydrogen-bond donors (Lipinski definition) is 3. The first-order valence-corrected chi connectivity index (χ1v) is 5.99. The summed E-state index contributed by atoms with van der Waals surface area (Å²) in [6.45, 7) is 3.50. The Labute approximate surface area is 111 Å². The lowest BCUT2D eigenvalue weighted by molar-refractivity contribution is -0.0443. The number of aliphatic hydroxyl groups excluding tert-OH is 1. The Hall–Kier alpha value is -1.41. The van der Waals surface area contributed by atoms with Gasteiger partial charge in [-0.3, -0.25) is 14.3 Å². The molecule has 1 aromatic rings. The van der Waals surface area contributed by atoms with Crippen molar-refractivity contribution in [1.29, 1.82) is 0 Å². The van der Waals surface area contributed by atoms with Gasteiger partial charge in [0.25, 0.3) is 5.56 Å². The Morgan fingerprint density at radius 2 is 2.26 bits per heavy atom. The van der Waals surface area contributed by atoms with Crippen LogP contribution >= 0.6 is 11.6 Å². The van der Waals surface area contributed by atoms with Crippen LogP contribution in [0.2, 0.25) is 0 Å². The highest BCUT2D eigenvalue weighted by Gasteiger charge is 2.86. The van der Waals surface area contributed by atoms with Crippen LogP contribution in [0.3, 0.4) is 0 Å². The minimum absolute atomic E-state index is 0.548. The third kappa shape index (κ3) is 1.28. The molecule has 0 radical (unpaired) electrons. The number of aromatic nitrogens is 2. The molecule has 1 aliphatic heterocycles. The molecule has 102 valence electrons. The number of ether oxygens (including phenoxy) is 1. The largest absolute Gasteiger partial charge is 0.386 e. The molecule has 3 N–H and O–H groups in total. The Kier molecular flexibility index (Phi) is 2.37. The van der Waals surface area contributed by atoms with Gasteiger partial charge in [-0.1, -0.05) is 6.08 Å². The fraction of sp³-hybridized carbons (Fsp3) is 0.455. The van der Waals surface area contributed by atoms with Crippen LogP contribution in [0.1, 0.15) is 6.23 Å². The summed E-state index contributed by atoms with van der Waals surface area (Å²) in [6.07, 6.45) is 0.301. The number of halogens is 1. The molecule has 0 spiro atoms. The van der Waals surface area contributed by atoms with Crippen LogP contribution in [0.4, 0.5) is 0 Å². The molecule has 5 atom stereocenters. The number of alkyl halides is 1. The van der Waals surface area contributed by atoms with Gasteiger partial charge in [-0.2, -0.15) is 0 Å². The van der Waals surface area contributed by atoms with E-state index in [1.807, 2.05) is 0 Å². The number of H-pyrrole nitrogens is 1. The lowest BCUT2D eigenvalue weighted by Gasteiger charge is -2.22. The fourth-order valence-electron chi connectivity index (χ4n) is 2.61. The Bertz CT molecular complexity index is 670. The zero-order valence-electron chi connectivity index (χ0n) is 9.62. The highest BCUT2D eigenvalue weighted by Crippen LogP contribution is 2.64. The zero-order chi connectivity index (χ0) is 14.0. The molecular formula is C11H11ClN2O5. The molecule has 1 saturated heterocycles. The summed E-state index contributed by atoms with van der Waals surface area (Å²) < 4.78 is 6.55. The van der Waals surface area contributed by atoms with E-state index in [-0.39, 0.29) is 0 Å². The van der Waals surface area contributed by atoms with Gasteiger partial charge in [0.1, 0.15) is 17.1 Å². The first-order valence-electron chi connectivity index (χ1n) is 5.56. The average Bonchev–Trinajstić information content (AvgIpc) is 2.73. The molecule has 0 amide bonds. The molecule has 2 unspecified atom stereocenters. The minimum Gasteiger partial charge on any atom is -0.386 e. The van der Waals surface area contributed by atoms with E-state index in [2.05, 4.69) is 11.6 Å². The van der Waals surface area contributed by atoms with Gasteiger partial charge in [0.2, 0.25) is 0 Å². The number of hydrogen-bond acceptors (Lipinski definition) is 5. The second-order valence-electron chi connectivity index (χ2n) is 4.65. The van der Waals surface area contributed by atoms with Crippen LogP contribution in [-0.2, 0) is 4.74 Å². The van der Waals surface area contributed by atoms with Crippen molar-refractivity contribution in [3.63, 3.8) is 0 Å². The van der Waals surface area contributed by atoms with Crippen LogP contribution in [0, 0.1) is 0 Å². The number of rotatable bonds is 2. The number of aliphatic hydroxyl groups is 2. The fourth-order valence-corrected chi connectivity index (χ4v) is 3.07. The smallest absolute Gasteiger partial charge is 0.330 e. The monoisotopic (exact) mass is 286 g/mol. The first-order chi connectivity index (χ1) is 8.88. The van der Waals surface area contributed by atoms with E-state index in [1.54, 1.807) is 0 Å². The normalized spacial score (nSPS) is 43.8. The molecule has 1 aliphatic carbocycles. The number of nitrogens with one attached hydrogen (secondary N) is 1. The maximum atomic E-state index is 11.7. The van der Waals surface area contributed by atoms with E-state index < -0.39 is 40.2 Å². The SMILES string of the molecule is C=C[C@]12OC(n3ccc(=O)[nH]c3=O)[C@H](Cl)[C@@]1(O)C2O. The molecule has 2 fully saturated rings. The summed E-state index contributed by atoms with van der Waals surface area (Å²) in [6, 6.07) is 1.14. The van der Waals surface area contributed by atoms with Crippen molar-refractivity contribution in [2.75, 3.05) is 0 Å². The van der Waals surface area contributed by atoms with E-state index in [9.17, 15) is 19.8 Å². The summed E-state index contributed by atoms with van der Waals surface area (Å²) in [4.78, 5) is 24.7. The van der Waals surface area contributed by atoms with Crippen molar-refractivity contribution in [1.82, 2.24) is 9.55 Å². The van der Waals surface area contributed by atoms with E-state index >= 15 is 0 Å². The molecule has 8 heteroatoms.